The molecule has 1 amide bonds. The van der Waals surface area contributed by atoms with Gasteiger partial charge in [0.15, 0.2) is 11.3 Å². The summed E-state index contributed by atoms with van der Waals surface area (Å²) in [6, 6.07) is 5.00. The predicted octanol–water partition coefficient (Wildman–Crippen LogP) is 2.64. The fourth-order valence-corrected chi connectivity index (χ4v) is 2.89. The second-order valence-electron chi connectivity index (χ2n) is 5.26. The first-order chi connectivity index (χ1) is 11.5. The van der Waals surface area contributed by atoms with Crippen LogP contribution in [0.4, 0.5) is 0 Å². The van der Waals surface area contributed by atoms with Crippen LogP contribution in [0.15, 0.2) is 31.9 Å². The van der Waals surface area contributed by atoms with Crippen LogP contribution in [0.2, 0.25) is 0 Å². The van der Waals surface area contributed by atoms with Crippen molar-refractivity contribution in [3.8, 4) is 5.75 Å². The monoisotopic (exact) mass is 396 g/mol. The Balaban J connectivity index is 2.24. The highest BCUT2D eigenvalue weighted by atomic mass is 79.9. The van der Waals surface area contributed by atoms with Crippen LogP contribution in [0.1, 0.15) is 24.2 Å². The van der Waals surface area contributed by atoms with Crippen LogP contribution in [0.5, 0.6) is 5.75 Å². The topological polar surface area (TPSA) is 71.8 Å². The van der Waals surface area contributed by atoms with Crippen molar-refractivity contribution in [2.24, 2.45) is 0 Å². The van der Waals surface area contributed by atoms with Gasteiger partial charge in [0.1, 0.15) is 5.56 Å². The molecule has 0 radical (unpaired) electrons. The summed E-state index contributed by atoms with van der Waals surface area (Å²) in [6.45, 7) is 7.16. The number of hydrogen-bond donors (Lipinski definition) is 1. The number of amides is 1. The molecule has 6 nitrogen and oxygen atoms in total. The van der Waals surface area contributed by atoms with Gasteiger partial charge in [0, 0.05) is 22.9 Å². The fourth-order valence-electron chi connectivity index (χ4n) is 2.44. The van der Waals surface area contributed by atoms with Crippen molar-refractivity contribution in [1.82, 2.24) is 10.2 Å². The summed E-state index contributed by atoms with van der Waals surface area (Å²) in [5.41, 5.74) is -0.365. The minimum absolute atomic E-state index is 0.0119. The van der Waals surface area contributed by atoms with Crippen LogP contribution in [-0.4, -0.2) is 44.1 Å². The molecule has 0 spiro atoms. The molecule has 1 heterocycles. The summed E-state index contributed by atoms with van der Waals surface area (Å²) >= 11 is 3.37. The summed E-state index contributed by atoms with van der Waals surface area (Å²) in [5.74, 6) is 0.00159. The van der Waals surface area contributed by atoms with Gasteiger partial charge in [0.05, 0.1) is 7.11 Å². The lowest BCUT2D eigenvalue weighted by Crippen LogP contribution is -2.36. The zero-order valence-electron chi connectivity index (χ0n) is 14.0. The van der Waals surface area contributed by atoms with Gasteiger partial charge in [-0.05, 0) is 31.3 Å². The lowest BCUT2D eigenvalue weighted by molar-refractivity contribution is 0.0945. The molecule has 0 saturated carbocycles. The molecule has 0 fully saturated rings. The molecule has 0 aliphatic carbocycles. The number of nitrogens with zero attached hydrogens (tertiary/aromatic N) is 1. The molecule has 2 aromatic rings. The largest absolute Gasteiger partial charge is 0.493 e. The van der Waals surface area contributed by atoms with E-state index in [1.165, 1.54) is 13.2 Å². The highest BCUT2D eigenvalue weighted by Crippen LogP contribution is 2.29. The summed E-state index contributed by atoms with van der Waals surface area (Å²) in [5, 5.41) is 3.38. The zero-order chi connectivity index (χ0) is 17.7. The Morgan fingerprint density at radius 1 is 1.29 bits per heavy atom. The molecule has 1 N–H and O–H groups in total. The van der Waals surface area contributed by atoms with Crippen LogP contribution >= 0.6 is 15.9 Å². The molecular formula is C17H21BrN2O4. The summed E-state index contributed by atoms with van der Waals surface area (Å²) < 4.78 is 11.3. The first-order valence-corrected chi connectivity index (χ1v) is 8.61. The third kappa shape index (κ3) is 4.15. The first-order valence-electron chi connectivity index (χ1n) is 7.82. The Hall–Kier alpha value is -1.86. The highest BCUT2D eigenvalue weighted by Gasteiger charge is 2.16. The van der Waals surface area contributed by atoms with E-state index in [1.54, 1.807) is 12.1 Å². The fraction of sp³-hybridized carbons (Fsp3) is 0.412. The average Bonchev–Trinajstić information content (AvgIpc) is 2.57. The summed E-state index contributed by atoms with van der Waals surface area (Å²) in [4.78, 5) is 26.6. The Bertz CT molecular complexity index is 784. The van der Waals surface area contributed by atoms with E-state index >= 15 is 0 Å². The van der Waals surface area contributed by atoms with Crippen molar-refractivity contribution in [2.75, 3.05) is 33.3 Å². The van der Waals surface area contributed by atoms with Crippen LogP contribution in [-0.2, 0) is 0 Å². The van der Waals surface area contributed by atoms with Gasteiger partial charge >= 0.3 is 5.63 Å². The van der Waals surface area contributed by atoms with Crippen molar-refractivity contribution in [2.45, 2.75) is 13.8 Å². The second-order valence-corrected chi connectivity index (χ2v) is 6.17. The molecule has 0 saturated heterocycles. The number of carbonyl (C=O) groups is 1. The van der Waals surface area contributed by atoms with E-state index in [4.69, 9.17) is 9.15 Å². The molecule has 7 heteroatoms. The van der Waals surface area contributed by atoms with E-state index in [0.717, 1.165) is 24.1 Å². The molecule has 130 valence electrons. The van der Waals surface area contributed by atoms with E-state index in [9.17, 15) is 9.59 Å². The maximum absolute atomic E-state index is 12.3. The van der Waals surface area contributed by atoms with Crippen molar-refractivity contribution < 1.29 is 13.9 Å². The van der Waals surface area contributed by atoms with Crippen molar-refractivity contribution in [1.29, 1.82) is 0 Å². The number of carbonyl (C=O) groups excluding carboxylic acids is 1. The number of fused-ring (bicyclic) bond motifs is 1. The molecule has 1 aromatic heterocycles. The molecule has 0 aliphatic rings. The number of likely N-dealkylation sites (N-methyl/N-ethyl adjacent to an activating group) is 1. The van der Waals surface area contributed by atoms with E-state index in [-0.39, 0.29) is 5.56 Å². The molecule has 0 aliphatic heterocycles. The number of halogens is 1. The van der Waals surface area contributed by atoms with Crippen LogP contribution < -0.4 is 15.7 Å². The Morgan fingerprint density at radius 2 is 2.00 bits per heavy atom. The minimum Gasteiger partial charge on any atom is -0.493 e. The molecular weight excluding hydrogens is 376 g/mol. The van der Waals surface area contributed by atoms with Crippen LogP contribution in [0.25, 0.3) is 11.0 Å². The molecule has 0 unspecified atom stereocenters. The molecule has 1 aromatic carbocycles. The predicted molar refractivity (Wildman–Crippen MR) is 96.9 cm³/mol. The van der Waals surface area contributed by atoms with Gasteiger partial charge in [-0.2, -0.15) is 0 Å². The average molecular weight is 397 g/mol. The van der Waals surface area contributed by atoms with Crippen molar-refractivity contribution in [3.63, 3.8) is 0 Å². The third-order valence-corrected chi connectivity index (χ3v) is 4.29. The summed E-state index contributed by atoms with van der Waals surface area (Å²) in [7, 11) is 1.50. The summed E-state index contributed by atoms with van der Waals surface area (Å²) in [6.07, 6.45) is 0. The first kappa shape index (κ1) is 18.5. The Morgan fingerprint density at radius 3 is 2.62 bits per heavy atom. The number of rotatable bonds is 7. The van der Waals surface area contributed by atoms with E-state index < -0.39 is 11.5 Å². The van der Waals surface area contributed by atoms with Crippen LogP contribution in [0, 0.1) is 0 Å². The van der Waals surface area contributed by atoms with Gasteiger partial charge in [-0.15, -0.1) is 0 Å². The van der Waals surface area contributed by atoms with Gasteiger partial charge in [0.25, 0.3) is 5.91 Å². The van der Waals surface area contributed by atoms with Crippen molar-refractivity contribution in [3.05, 3.63) is 38.7 Å². The standard InChI is InChI=1S/C17H21BrN2O4/c1-4-20(5-2)7-6-19-16(21)13-9-11-8-12(18)10-14(23-3)15(11)24-17(13)22/h8-10H,4-7H2,1-3H3,(H,19,21). The van der Waals surface area contributed by atoms with E-state index in [0.29, 0.717) is 23.3 Å². The second kappa shape index (κ2) is 8.30. The Kier molecular flexibility index (Phi) is 6.39. The van der Waals surface area contributed by atoms with Gasteiger partial charge in [0.2, 0.25) is 0 Å². The van der Waals surface area contributed by atoms with E-state index in [1.807, 2.05) is 0 Å². The normalized spacial score (nSPS) is 11.0. The quantitative estimate of drug-likeness (QED) is 0.728. The number of methoxy groups -OCH3 is 1. The third-order valence-electron chi connectivity index (χ3n) is 3.84. The zero-order valence-corrected chi connectivity index (χ0v) is 15.6. The van der Waals surface area contributed by atoms with Gasteiger partial charge in [-0.3, -0.25) is 4.79 Å². The maximum Gasteiger partial charge on any atom is 0.349 e. The number of hydrogen-bond acceptors (Lipinski definition) is 5. The van der Waals surface area contributed by atoms with Crippen LogP contribution in [0.3, 0.4) is 0 Å². The lowest BCUT2D eigenvalue weighted by Gasteiger charge is -2.17. The number of benzene rings is 1. The SMILES string of the molecule is CCN(CC)CCNC(=O)c1cc2cc(Br)cc(OC)c2oc1=O. The van der Waals surface area contributed by atoms with Crippen molar-refractivity contribution >= 4 is 32.8 Å². The van der Waals surface area contributed by atoms with Gasteiger partial charge in [-0.25, -0.2) is 4.79 Å². The number of ether oxygens (including phenoxy) is 1. The molecule has 0 bridgehead atoms. The molecule has 2 rings (SSSR count). The highest BCUT2D eigenvalue weighted by molar-refractivity contribution is 9.10. The van der Waals surface area contributed by atoms with Gasteiger partial charge in [-0.1, -0.05) is 29.8 Å². The molecule has 24 heavy (non-hydrogen) atoms. The van der Waals surface area contributed by atoms with Gasteiger partial charge < -0.3 is 19.4 Å². The molecule has 0 atom stereocenters. The lowest BCUT2D eigenvalue weighted by atomic mass is 10.1. The maximum atomic E-state index is 12.3. The minimum atomic E-state index is -0.677. The number of nitrogens with one attached hydrogen (secondary N) is 1. The Labute approximate surface area is 148 Å². The smallest absolute Gasteiger partial charge is 0.349 e. The van der Waals surface area contributed by atoms with E-state index in [2.05, 4.69) is 40.0 Å².